The third-order valence-corrected chi connectivity index (χ3v) is 4.78. The van der Waals surface area contributed by atoms with Gasteiger partial charge in [0.15, 0.2) is 23.7 Å². The number of hydrogen-bond donors (Lipinski definition) is 0. The molecule has 0 bridgehead atoms. The van der Waals surface area contributed by atoms with Gasteiger partial charge in [0.25, 0.3) is 5.91 Å². The number of rotatable bonds is 7. The minimum absolute atomic E-state index is 0.0771. The van der Waals surface area contributed by atoms with Gasteiger partial charge in [0.1, 0.15) is 5.52 Å². The third kappa shape index (κ3) is 5.31. The van der Waals surface area contributed by atoms with Gasteiger partial charge in [0.05, 0.1) is 11.1 Å². The van der Waals surface area contributed by atoms with Crippen molar-refractivity contribution in [3.8, 4) is 11.5 Å². The van der Waals surface area contributed by atoms with Gasteiger partial charge in [-0.15, -0.1) is 0 Å². The number of aromatic nitrogens is 1. The molecule has 0 radical (unpaired) electrons. The number of ether oxygens (including phenoxy) is 2. The fourth-order valence-corrected chi connectivity index (χ4v) is 3.25. The van der Waals surface area contributed by atoms with Crippen LogP contribution in [0.2, 0.25) is 5.02 Å². The Morgan fingerprint density at radius 2 is 2.03 bits per heavy atom. The Morgan fingerprint density at radius 1 is 1.24 bits per heavy atom. The first-order chi connectivity index (χ1) is 13.9. The van der Waals surface area contributed by atoms with E-state index in [1.807, 2.05) is 25.1 Å². The van der Waals surface area contributed by atoms with Crippen molar-refractivity contribution in [2.45, 2.75) is 6.92 Å². The average molecular weight is 480 g/mol. The van der Waals surface area contributed by atoms with Crippen molar-refractivity contribution in [2.75, 3.05) is 27.3 Å². The molecule has 0 saturated heterocycles. The average Bonchev–Trinajstić information content (AvgIpc) is 3.07. The van der Waals surface area contributed by atoms with Crippen molar-refractivity contribution in [1.82, 2.24) is 9.88 Å². The summed E-state index contributed by atoms with van der Waals surface area (Å²) in [5, 5.41) is 0.606. The van der Waals surface area contributed by atoms with E-state index in [-0.39, 0.29) is 12.5 Å². The maximum absolute atomic E-state index is 11.8. The molecule has 1 heterocycles. The molecule has 0 aliphatic heterocycles. The number of hydrogen-bond acceptors (Lipinski definition) is 5. The second-order valence-electron chi connectivity index (χ2n) is 6.34. The number of halogens is 2. The van der Waals surface area contributed by atoms with Crippen molar-refractivity contribution in [3.05, 3.63) is 51.3 Å². The van der Waals surface area contributed by atoms with Crippen LogP contribution in [0.3, 0.4) is 0 Å². The van der Waals surface area contributed by atoms with Crippen molar-refractivity contribution >= 4 is 56.7 Å². The van der Waals surface area contributed by atoms with Gasteiger partial charge in [-0.2, -0.15) is 0 Å². The Kier molecular flexibility index (Phi) is 6.82. The van der Waals surface area contributed by atoms with Crippen LogP contribution in [0.4, 0.5) is 0 Å². The van der Waals surface area contributed by atoms with E-state index in [1.54, 1.807) is 38.4 Å². The predicted octanol–water partition coefficient (Wildman–Crippen LogP) is 5.28. The summed E-state index contributed by atoms with van der Waals surface area (Å²) in [5.74, 6) is 1.35. The molecule has 0 fully saturated rings. The van der Waals surface area contributed by atoms with Crippen molar-refractivity contribution in [3.63, 3.8) is 0 Å². The van der Waals surface area contributed by atoms with Gasteiger partial charge < -0.3 is 18.8 Å². The summed E-state index contributed by atoms with van der Waals surface area (Å²) in [7, 11) is 3.36. The summed E-state index contributed by atoms with van der Waals surface area (Å²) in [6.45, 7) is 2.27. The molecule has 0 aliphatic carbocycles. The molecule has 0 atom stereocenters. The quantitative estimate of drug-likeness (QED) is 0.461. The fraction of sp³-hybridized carbons (Fsp3) is 0.238. The van der Waals surface area contributed by atoms with Crippen molar-refractivity contribution in [1.29, 1.82) is 0 Å². The summed E-state index contributed by atoms with van der Waals surface area (Å²) in [6.07, 6.45) is 3.62. The van der Waals surface area contributed by atoms with Crippen LogP contribution in [-0.4, -0.2) is 43.1 Å². The Labute approximate surface area is 182 Å². The number of likely N-dealkylation sites (N-methyl/N-ethyl adjacent to an activating group) is 1. The molecule has 0 spiro atoms. The Balaban J connectivity index is 1.84. The van der Waals surface area contributed by atoms with Crippen molar-refractivity contribution in [2.24, 2.45) is 0 Å². The molecule has 1 aromatic heterocycles. The van der Waals surface area contributed by atoms with Gasteiger partial charge in [0.2, 0.25) is 5.89 Å². The lowest BCUT2D eigenvalue weighted by Gasteiger charge is -2.16. The first-order valence-electron chi connectivity index (χ1n) is 8.91. The molecule has 0 N–H and O–H groups in total. The number of carbonyl (C=O) groups is 1. The Morgan fingerprint density at radius 3 is 2.76 bits per heavy atom. The van der Waals surface area contributed by atoms with E-state index < -0.39 is 0 Å². The zero-order chi connectivity index (χ0) is 21.0. The van der Waals surface area contributed by atoms with E-state index >= 15 is 0 Å². The molecular weight excluding hydrogens is 460 g/mol. The molecule has 0 saturated carbocycles. The van der Waals surface area contributed by atoms with Crippen molar-refractivity contribution < 1.29 is 18.7 Å². The lowest BCUT2D eigenvalue weighted by atomic mass is 10.2. The van der Waals surface area contributed by atoms with Gasteiger partial charge in [-0.25, -0.2) is 4.98 Å². The van der Waals surface area contributed by atoms with E-state index in [2.05, 4.69) is 20.9 Å². The van der Waals surface area contributed by atoms with Gasteiger partial charge in [-0.1, -0.05) is 11.6 Å². The number of fused-ring (bicyclic) bond motifs is 1. The molecule has 152 valence electrons. The predicted molar refractivity (Wildman–Crippen MR) is 117 cm³/mol. The first kappa shape index (κ1) is 21.2. The summed E-state index contributed by atoms with van der Waals surface area (Å²) in [6, 6.07) is 9.00. The smallest absolute Gasteiger partial charge is 0.259 e. The Hall–Kier alpha value is -2.51. The summed E-state index contributed by atoms with van der Waals surface area (Å²) in [4.78, 5) is 17.7. The molecule has 0 unspecified atom stereocenters. The lowest BCUT2D eigenvalue weighted by molar-refractivity contribution is -0.130. The molecule has 2 aromatic carbocycles. The minimum Gasteiger partial charge on any atom is -0.490 e. The highest BCUT2D eigenvalue weighted by Crippen LogP contribution is 2.37. The van der Waals surface area contributed by atoms with E-state index in [0.717, 1.165) is 5.56 Å². The number of nitrogens with zero attached hydrogens (tertiary/aromatic N) is 2. The van der Waals surface area contributed by atoms with E-state index in [9.17, 15) is 4.79 Å². The molecule has 3 aromatic rings. The van der Waals surface area contributed by atoms with Crippen LogP contribution in [0.25, 0.3) is 23.3 Å². The van der Waals surface area contributed by atoms with Crippen LogP contribution in [0.15, 0.2) is 39.2 Å². The highest BCUT2D eigenvalue weighted by Gasteiger charge is 2.14. The third-order valence-electron chi connectivity index (χ3n) is 3.95. The zero-order valence-corrected chi connectivity index (χ0v) is 18.6. The number of benzene rings is 2. The molecule has 1 amide bonds. The first-order valence-corrected chi connectivity index (χ1v) is 10.1. The molecule has 8 heteroatoms. The summed E-state index contributed by atoms with van der Waals surface area (Å²) >= 11 is 9.49. The number of oxazole rings is 1. The van der Waals surface area contributed by atoms with Crippen LogP contribution < -0.4 is 9.47 Å². The lowest BCUT2D eigenvalue weighted by Crippen LogP contribution is -2.27. The van der Waals surface area contributed by atoms with Crippen LogP contribution in [-0.2, 0) is 4.79 Å². The van der Waals surface area contributed by atoms with Crippen LogP contribution in [0.1, 0.15) is 18.4 Å². The highest BCUT2D eigenvalue weighted by atomic mass is 79.9. The maximum Gasteiger partial charge on any atom is 0.259 e. The SMILES string of the molecule is CCOc1cc(C=Cc2nc3cc(Cl)ccc3o2)cc(Br)c1OCC(=O)N(C)C. The van der Waals surface area contributed by atoms with Crippen LogP contribution >= 0.6 is 27.5 Å². The molecule has 3 rings (SSSR count). The topological polar surface area (TPSA) is 64.8 Å². The van der Waals surface area contributed by atoms with E-state index in [0.29, 0.717) is 44.6 Å². The molecule has 0 aliphatic rings. The summed E-state index contributed by atoms with van der Waals surface area (Å²) in [5.41, 5.74) is 2.22. The maximum atomic E-state index is 11.8. The van der Waals surface area contributed by atoms with Crippen LogP contribution in [0.5, 0.6) is 11.5 Å². The second-order valence-corrected chi connectivity index (χ2v) is 7.63. The van der Waals surface area contributed by atoms with Gasteiger partial charge >= 0.3 is 0 Å². The molecule has 6 nitrogen and oxygen atoms in total. The minimum atomic E-state index is -0.139. The monoisotopic (exact) mass is 478 g/mol. The number of carbonyl (C=O) groups excluding carboxylic acids is 1. The van der Waals surface area contributed by atoms with E-state index in [4.69, 9.17) is 25.5 Å². The van der Waals surface area contributed by atoms with Gasteiger partial charge in [0, 0.05) is 25.2 Å². The molecule has 29 heavy (non-hydrogen) atoms. The zero-order valence-electron chi connectivity index (χ0n) is 16.2. The molecular formula is C21H20BrClN2O4. The highest BCUT2D eigenvalue weighted by molar-refractivity contribution is 9.10. The van der Waals surface area contributed by atoms with Gasteiger partial charge in [-0.05, 0) is 64.8 Å². The normalized spacial score (nSPS) is 11.2. The van der Waals surface area contributed by atoms with E-state index in [1.165, 1.54) is 4.90 Å². The summed E-state index contributed by atoms with van der Waals surface area (Å²) < 4.78 is 17.8. The standard InChI is InChI=1S/C21H20BrClN2O4/c1-4-27-18-10-13(9-15(22)21(18)28-12-20(26)25(2)3)5-8-19-24-16-11-14(23)6-7-17(16)29-19/h5-11H,4,12H2,1-3H3. The largest absolute Gasteiger partial charge is 0.490 e. The number of amides is 1. The fourth-order valence-electron chi connectivity index (χ4n) is 2.51. The van der Waals surface area contributed by atoms with Gasteiger partial charge in [-0.3, -0.25) is 4.79 Å². The second kappa shape index (κ2) is 9.33. The van der Waals surface area contributed by atoms with Crippen LogP contribution in [0, 0.1) is 0 Å². The Bertz CT molecular complexity index is 1060.